The third-order valence-corrected chi connectivity index (χ3v) is 6.41. The zero-order valence-electron chi connectivity index (χ0n) is 15.2. The highest BCUT2D eigenvalue weighted by molar-refractivity contribution is 7.91. The predicted molar refractivity (Wildman–Crippen MR) is 100 cm³/mol. The summed E-state index contributed by atoms with van der Waals surface area (Å²) in [5, 5.41) is 0. The molecule has 6 heteroatoms. The van der Waals surface area contributed by atoms with Crippen LogP contribution in [0.3, 0.4) is 0 Å². The van der Waals surface area contributed by atoms with Gasteiger partial charge in [-0.3, -0.25) is 4.79 Å². The molecule has 25 heavy (non-hydrogen) atoms. The van der Waals surface area contributed by atoms with E-state index in [0.29, 0.717) is 26.3 Å². The fourth-order valence-corrected chi connectivity index (χ4v) is 3.99. The first-order valence-corrected chi connectivity index (χ1v) is 9.85. The van der Waals surface area contributed by atoms with Gasteiger partial charge < -0.3 is 14.2 Å². The van der Waals surface area contributed by atoms with E-state index in [0.717, 1.165) is 24.1 Å². The summed E-state index contributed by atoms with van der Waals surface area (Å²) in [4.78, 5) is 14.5. The normalized spacial score (nSPS) is 23.2. The Kier molecular flexibility index (Phi) is 5.23. The number of hydrogen-bond acceptors (Lipinski definition) is 4. The number of ether oxygens (including phenoxy) is 1. The van der Waals surface area contributed by atoms with Crippen LogP contribution in [0.5, 0.6) is 0 Å². The second kappa shape index (κ2) is 7.09. The van der Waals surface area contributed by atoms with Gasteiger partial charge in [0.2, 0.25) is 0 Å². The van der Waals surface area contributed by atoms with Crippen LogP contribution in [0.2, 0.25) is 0 Å². The Labute approximate surface area is 152 Å². The van der Waals surface area contributed by atoms with Crippen LogP contribution in [0, 0.1) is 5.41 Å². The maximum Gasteiger partial charge on any atom is 0.253 e. The number of rotatable bonds is 2. The highest BCUT2D eigenvalue weighted by Gasteiger charge is 2.46. The van der Waals surface area contributed by atoms with Crippen LogP contribution in [-0.2, 0) is 16.1 Å². The number of benzene rings is 1. The lowest BCUT2D eigenvalue weighted by Gasteiger charge is -2.38. The lowest BCUT2D eigenvalue weighted by molar-refractivity contribution is 0.0587. The van der Waals surface area contributed by atoms with Crippen molar-refractivity contribution in [2.24, 2.45) is 9.81 Å². The van der Waals surface area contributed by atoms with Crippen LogP contribution in [0.1, 0.15) is 44.0 Å². The molecule has 2 aliphatic heterocycles. The summed E-state index contributed by atoms with van der Waals surface area (Å²) >= 11 is -1.27. The van der Waals surface area contributed by atoms with Crippen LogP contribution in [0.25, 0.3) is 0 Å². The van der Waals surface area contributed by atoms with Crippen LogP contribution in [0.15, 0.2) is 34.7 Å². The third-order valence-electron chi connectivity index (χ3n) is 4.97. The molecule has 2 saturated heterocycles. The van der Waals surface area contributed by atoms with Crippen molar-refractivity contribution in [3.8, 4) is 0 Å². The minimum atomic E-state index is -1.27. The molecule has 0 saturated carbocycles. The number of nitrogens with zero attached hydrogens (tertiary/aromatic N) is 2. The molecule has 1 amide bonds. The van der Waals surface area contributed by atoms with Crippen LogP contribution in [-0.4, -0.2) is 52.1 Å². The van der Waals surface area contributed by atoms with E-state index in [4.69, 9.17) is 4.74 Å². The first kappa shape index (κ1) is 18.4. The van der Waals surface area contributed by atoms with E-state index in [9.17, 15) is 9.35 Å². The number of piperidine rings is 1. The molecule has 136 valence electrons. The van der Waals surface area contributed by atoms with Gasteiger partial charge in [0.05, 0.1) is 13.2 Å². The van der Waals surface area contributed by atoms with Crippen molar-refractivity contribution >= 4 is 23.0 Å². The highest BCUT2D eigenvalue weighted by atomic mass is 32.2. The van der Waals surface area contributed by atoms with Gasteiger partial charge in [0.15, 0.2) is 0 Å². The summed E-state index contributed by atoms with van der Waals surface area (Å²) < 4.78 is 22.2. The fourth-order valence-electron chi connectivity index (χ4n) is 3.27. The molecule has 2 heterocycles. The summed E-state index contributed by atoms with van der Waals surface area (Å²) in [5.74, 6) is 0.0751. The van der Waals surface area contributed by atoms with Gasteiger partial charge >= 0.3 is 0 Å². The van der Waals surface area contributed by atoms with Gasteiger partial charge in [-0.05, 0) is 45.7 Å². The molecular formula is C19H26N2O3S. The van der Waals surface area contributed by atoms with E-state index in [1.54, 1.807) is 0 Å². The molecule has 1 aromatic rings. The molecule has 0 bridgehead atoms. The second-order valence-corrected chi connectivity index (χ2v) is 9.74. The van der Waals surface area contributed by atoms with Crippen molar-refractivity contribution in [2.75, 3.05) is 26.3 Å². The molecule has 0 unspecified atom stereocenters. The summed E-state index contributed by atoms with van der Waals surface area (Å²) in [6.45, 7) is 8.20. The van der Waals surface area contributed by atoms with Gasteiger partial charge in [0.25, 0.3) is 5.91 Å². The SMILES string of the molecule is CC(C)(C)[S@@+]([O-])N=C1COCC12CCN(C(=O)c1ccccc1)CC2. The largest absolute Gasteiger partial charge is 0.591 e. The molecule has 2 aliphatic rings. The lowest BCUT2D eigenvalue weighted by atomic mass is 9.76. The molecular weight excluding hydrogens is 336 g/mol. The van der Waals surface area contributed by atoms with E-state index in [-0.39, 0.29) is 16.1 Å². The maximum absolute atomic E-state index is 12.6. The lowest BCUT2D eigenvalue weighted by Crippen LogP contribution is -2.46. The van der Waals surface area contributed by atoms with E-state index in [1.165, 1.54) is 0 Å². The Bertz CT molecular complexity index is 646. The Morgan fingerprint density at radius 3 is 2.48 bits per heavy atom. The van der Waals surface area contributed by atoms with Crippen molar-refractivity contribution < 1.29 is 14.1 Å². The van der Waals surface area contributed by atoms with Gasteiger partial charge in [0.1, 0.15) is 21.8 Å². The van der Waals surface area contributed by atoms with E-state index < -0.39 is 11.4 Å². The average molecular weight is 362 g/mol. The number of likely N-dealkylation sites (tertiary alicyclic amines) is 1. The summed E-state index contributed by atoms with van der Waals surface area (Å²) in [7, 11) is 0. The van der Waals surface area contributed by atoms with Gasteiger partial charge in [0, 0.05) is 24.1 Å². The average Bonchev–Trinajstić information content (AvgIpc) is 2.97. The molecule has 0 radical (unpaired) electrons. The minimum Gasteiger partial charge on any atom is -0.591 e. The Hall–Kier alpha value is -1.37. The number of hydrogen-bond donors (Lipinski definition) is 0. The van der Waals surface area contributed by atoms with Crippen LogP contribution < -0.4 is 0 Å². The topological polar surface area (TPSA) is 65.0 Å². The molecule has 0 N–H and O–H groups in total. The Morgan fingerprint density at radius 2 is 1.88 bits per heavy atom. The monoisotopic (exact) mass is 362 g/mol. The minimum absolute atomic E-state index is 0.0751. The number of carbonyl (C=O) groups excluding carboxylic acids is 1. The van der Waals surface area contributed by atoms with Crippen molar-refractivity contribution in [1.82, 2.24) is 4.90 Å². The third kappa shape index (κ3) is 3.91. The molecule has 0 aliphatic carbocycles. The zero-order chi connectivity index (χ0) is 18.1. The summed E-state index contributed by atoms with van der Waals surface area (Å²) in [6, 6.07) is 9.39. The summed E-state index contributed by atoms with van der Waals surface area (Å²) in [5.41, 5.74) is 1.48. The Balaban J connectivity index is 1.70. The Morgan fingerprint density at radius 1 is 1.24 bits per heavy atom. The van der Waals surface area contributed by atoms with Gasteiger partial charge in [-0.1, -0.05) is 22.6 Å². The van der Waals surface area contributed by atoms with Gasteiger partial charge in [-0.2, -0.15) is 0 Å². The molecule has 5 nitrogen and oxygen atoms in total. The number of amides is 1. The van der Waals surface area contributed by atoms with E-state index in [1.807, 2.05) is 56.0 Å². The van der Waals surface area contributed by atoms with E-state index in [2.05, 4.69) is 4.40 Å². The zero-order valence-corrected chi connectivity index (χ0v) is 16.0. The van der Waals surface area contributed by atoms with Gasteiger partial charge in [-0.25, -0.2) is 0 Å². The van der Waals surface area contributed by atoms with Crippen molar-refractivity contribution in [3.63, 3.8) is 0 Å². The molecule has 3 rings (SSSR count). The molecule has 2 fully saturated rings. The highest BCUT2D eigenvalue weighted by Crippen LogP contribution is 2.38. The maximum atomic E-state index is 12.6. The molecule has 0 aromatic heterocycles. The first-order chi connectivity index (χ1) is 11.8. The van der Waals surface area contributed by atoms with Gasteiger partial charge in [-0.15, -0.1) is 0 Å². The van der Waals surface area contributed by atoms with Crippen molar-refractivity contribution in [2.45, 2.75) is 38.4 Å². The molecule has 1 spiro atoms. The van der Waals surface area contributed by atoms with Crippen LogP contribution >= 0.6 is 0 Å². The molecule has 1 aromatic carbocycles. The summed E-state index contributed by atoms with van der Waals surface area (Å²) in [6.07, 6.45) is 1.62. The van der Waals surface area contributed by atoms with Crippen molar-refractivity contribution in [1.29, 1.82) is 0 Å². The smallest absolute Gasteiger partial charge is 0.253 e. The fraction of sp³-hybridized carbons (Fsp3) is 0.579. The second-order valence-electron chi connectivity index (χ2n) is 7.83. The first-order valence-electron chi connectivity index (χ1n) is 8.74. The quantitative estimate of drug-likeness (QED) is 0.760. The van der Waals surface area contributed by atoms with Crippen molar-refractivity contribution in [3.05, 3.63) is 35.9 Å². The van der Waals surface area contributed by atoms with Crippen LogP contribution in [0.4, 0.5) is 0 Å². The number of carbonyl (C=O) groups is 1. The molecule has 1 atom stereocenters. The standard InChI is InChI=1S/C19H26N2O3S/c1-18(2,3)25(23)20-16-13-24-14-19(16)9-11-21(12-10-19)17(22)15-7-5-4-6-8-15/h4-8H,9-14H2,1-3H3/t25-/m1/s1. The van der Waals surface area contributed by atoms with E-state index >= 15 is 0 Å². The predicted octanol–water partition coefficient (Wildman–Crippen LogP) is 2.84.